The Labute approximate surface area is 130 Å². The minimum Gasteiger partial charge on any atom is -0.347 e. The summed E-state index contributed by atoms with van der Waals surface area (Å²) in [5.41, 5.74) is 1.56. The summed E-state index contributed by atoms with van der Waals surface area (Å²) in [4.78, 5) is 28.7. The van der Waals surface area contributed by atoms with Gasteiger partial charge in [0, 0.05) is 43.9 Å². The molecule has 6 heteroatoms. The molecule has 0 radical (unpaired) electrons. The predicted octanol–water partition coefficient (Wildman–Crippen LogP) is 1.63. The molecular weight excluding hydrogens is 278 g/mol. The van der Waals surface area contributed by atoms with E-state index in [1.165, 1.54) is 0 Å². The molecule has 0 spiro atoms. The Bertz CT molecular complexity index is 622. The van der Waals surface area contributed by atoms with Crippen LogP contribution in [0.4, 0.5) is 0 Å². The van der Waals surface area contributed by atoms with Crippen LogP contribution in [0.2, 0.25) is 0 Å². The van der Waals surface area contributed by atoms with Crippen molar-refractivity contribution in [2.75, 3.05) is 26.2 Å². The fourth-order valence-electron chi connectivity index (χ4n) is 2.88. The van der Waals surface area contributed by atoms with E-state index in [9.17, 15) is 4.79 Å². The van der Waals surface area contributed by atoms with Crippen LogP contribution in [0.5, 0.6) is 0 Å². The zero-order valence-electron chi connectivity index (χ0n) is 13.0. The van der Waals surface area contributed by atoms with Crippen molar-refractivity contribution in [1.29, 1.82) is 0 Å². The fourth-order valence-corrected chi connectivity index (χ4v) is 2.88. The normalized spacial score (nSPS) is 19.4. The number of aromatic nitrogens is 3. The lowest BCUT2D eigenvalue weighted by Crippen LogP contribution is -2.50. The van der Waals surface area contributed by atoms with Crippen LogP contribution < -0.4 is 0 Å². The summed E-state index contributed by atoms with van der Waals surface area (Å²) in [7, 11) is 0. The fraction of sp³-hybridized carbons (Fsp3) is 0.438. The first kappa shape index (κ1) is 14.7. The number of likely N-dealkylation sites (N-methyl/N-ethyl adjacent to an activating group) is 1. The molecule has 3 rings (SSSR count). The molecule has 2 aromatic rings. The Kier molecular flexibility index (Phi) is 4.20. The van der Waals surface area contributed by atoms with Crippen molar-refractivity contribution in [1.82, 2.24) is 24.8 Å². The average molecular weight is 299 g/mol. The van der Waals surface area contributed by atoms with Crippen LogP contribution in [0.3, 0.4) is 0 Å². The molecule has 0 saturated carbocycles. The van der Waals surface area contributed by atoms with Crippen LogP contribution in [-0.4, -0.2) is 56.8 Å². The standard InChI is InChI=1S/C16H21N5O/c1-3-20-8-9-21(11-14(20)15-17-6-7-18-15)16(22)13-5-4-12(2)19-10-13/h4-7,10,14H,3,8-9,11H2,1-2H3,(H,17,18)/t14-/m0/s1. The summed E-state index contributed by atoms with van der Waals surface area (Å²) in [6.45, 7) is 7.23. The van der Waals surface area contributed by atoms with E-state index in [0.717, 1.165) is 31.2 Å². The van der Waals surface area contributed by atoms with Crippen LogP contribution in [0.25, 0.3) is 0 Å². The number of imidazole rings is 1. The van der Waals surface area contributed by atoms with Gasteiger partial charge in [-0.2, -0.15) is 0 Å². The number of rotatable bonds is 3. The summed E-state index contributed by atoms with van der Waals surface area (Å²) >= 11 is 0. The highest BCUT2D eigenvalue weighted by molar-refractivity contribution is 5.94. The number of amides is 1. The maximum Gasteiger partial charge on any atom is 0.255 e. The lowest BCUT2D eigenvalue weighted by molar-refractivity contribution is 0.0479. The second-order valence-corrected chi connectivity index (χ2v) is 5.56. The molecule has 6 nitrogen and oxygen atoms in total. The number of pyridine rings is 1. The van der Waals surface area contributed by atoms with Gasteiger partial charge in [-0.3, -0.25) is 14.7 Å². The first-order valence-electron chi connectivity index (χ1n) is 7.64. The number of piperazine rings is 1. The van der Waals surface area contributed by atoms with Gasteiger partial charge in [-0.05, 0) is 25.6 Å². The van der Waals surface area contributed by atoms with Crippen molar-refractivity contribution < 1.29 is 4.79 Å². The monoisotopic (exact) mass is 299 g/mol. The number of carbonyl (C=O) groups excluding carboxylic acids is 1. The number of hydrogen-bond donors (Lipinski definition) is 1. The van der Waals surface area contributed by atoms with Crippen molar-refractivity contribution in [2.45, 2.75) is 19.9 Å². The largest absolute Gasteiger partial charge is 0.347 e. The third-order valence-electron chi connectivity index (χ3n) is 4.18. The van der Waals surface area contributed by atoms with Gasteiger partial charge in [0.05, 0.1) is 11.6 Å². The van der Waals surface area contributed by atoms with Gasteiger partial charge < -0.3 is 9.88 Å². The molecule has 1 N–H and O–H groups in total. The number of nitrogens with one attached hydrogen (secondary N) is 1. The van der Waals surface area contributed by atoms with E-state index in [1.54, 1.807) is 12.4 Å². The molecule has 0 bridgehead atoms. The number of hydrogen-bond acceptors (Lipinski definition) is 4. The lowest BCUT2D eigenvalue weighted by atomic mass is 10.1. The van der Waals surface area contributed by atoms with Crippen molar-refractivity contribution >= 4 is 5.91 Å². The molecule has 0 aromatic carbocycles. The molecule has 22 heavy (non-hydrogen) atoms. The number of aromatic amines is 1. The van der Waals surface area contributed by atoms with E-state index in [1.807, 2.05) is 30.2 Å². The minimum atomic E-state index is 0.0415. The zero-order chi connectivity index (χ0) is 15.5. The molecule has 1 aliphatic rings. The Balaban J connectivity index is 1.78. The van der Waals surface area contributed by atoms with Crippen molar-refractivity contribution in [3.63, 3.8) is 0 Å². The van der Waals surface area contributed by atoms with E-state index < -0.39 is 0 Å². The molecule has 116 valence electrons. The number of carbonyl (C=O) groups is 1. The van der Waals surface area contributed by atoms with Crippen LogP contribution in [0, 0.1) is 6.92 Å². The highest BCUT2D eigenvalue weighted by Gasteiger charge is 2.31. The van der Waals surface area contributed by atoms with Gasteiger partial charge in [0.2, 0.25) is 0 Å². The summed E-state index contributed by atoms with van der Waals surface area (Å²) < 4.78 is 0. The topological polar surface area (TPSA) is 65.1 Å². The minimum absolute atomic E-state index is 0.0415. The number of H-pyrrole nitrogens is 1. The molecule has 1 fully saturated rings. The molecule has 1 aliphatic heterocycles. The molecule has 2 aromatic heterocycles. The molecule has 1 atom stereocenters. The van der Waals surface area contributed by atoms with Crippen LogP contribution in [0.15, 0.2) is 30.7 Å². The molecule has 3 heterocycles. The third-order valence-corrected chi connectivity index (χ3v) is 4.18. The lowest BCUT2D eigenvalue weighted by Gasteiger charge is -2.40. The molecule has 0 aliphatic carbocycles. The quantitative estimate of drug-likeness (QED) is 0.935. The summed E-state index contributed by atoms with van der Waals surface area (Å²) in [6, 6.07) is 3.84. The first-order valence-corrected chi connectivity index (χ1v) is 7.64. The van der Waals surface area contributed by atoms with E-state index >= 15 is 0 Å². The molecule has 1 saturated heterocycles. The maximum atomic E-state index is 12.7. The molecule has 0 unspecified atom stereocenters. The Morgan fingerprint density at radius 2 is 2.23 bits per heavy atom. The van der Waals surface area contributed by atoms with Crippen molar-refractivity contribution in [2.24, 2.45) is 0 Å². The third kappa shape index (κ3) is 2.87. The smallest absolute Gasteiger partial charge is 0.255 e. The van der Waals surface area contributed by atoms with E-state index in [2.05, 4.69) is 26.8 Å². The van der Waals surface area contributed by atoms with Gasteiger partial charge in [-0.25, -0.2) is 4.98 Å². The Morgan fingerprint density at radius 3 is 2.86 bits per heavy atom. The Morgan fingerprint density at radius 1 is 1.36 bits per heavy atom. The van der Waals surface area contributed by atoms with Gasteiger partial charge in [-0.15, -0.1) is 0 Å². The molecule has 1 amide bonds. The van der Waals surface area contributed by atoms with Crippen molar-refractivity contribution in [3.05, 3.63) is 47.8 Å². The zero-order valence-corrected chi connectivity index (χ0v) is 13.0. The van der Waals surface area contributed by atoms with Crippen LogP contribution in [0.1, 0.15) is 34.8 Å². The van der Waals surface area contributed by atoms with Gasteiger partial charge in [0.25, 0.3) is 5.91 Å². The Hall–Kier alpha value is -2.21. The van der Waals surface area contributed by atoms with Gasteiger partial charge in [0.1, 0.15) is 5.82 Å². The van der Waals surface area contributed by atoms with E-state index in [4.69, 9.17) is 0 Å². The highest BCUT2D eigenvalue weighted by Crippen LogP contribution is 2.23. The summed E-state index contributed by atoms with van der Waals surface area (Å²) in [5, 5.41) is 0. The van der Waals surface area contributed by atoms with Gasteiger partial charge >= 0.3 is 0 Å². The van der Waals surface area contributed by atoms with Crippen LogP contribution in [-0.2, 0) is 0 Å². The maximum absolute atomic E-state index is 12.7. The van der Waals surface area contributed by atoms with Crippen molar-refractivity contribution in [3.8, 4) is 0 Å². The summed E-state index contributed by atoms with van der Waals surface area (Å²) in [5.74, 6) is 0.959. The van der Waals surface area contributed by atoms with E-state index in [-0.39, 0.29) is 11.9 Å². The number of aryl methyl sites for hydroxylation is 1. The van der Waals surface area contributed by atoms with Crippen LogP contribution >= 0.6 is 0 Å². The predicted molar refractivity (Wildman–Crippen MR) is 83.5 cm³/mol. The van der Waals surface area contributed by atoms with Gasteiger partial charge in [-0.1, -0.05) is 6.92 Å². The molecular formula is C16H21N5O. The second kappa shape index (κ2) is 6.27. The average Bonchev–Trinajstić information content (AvgIpc) is 3.08. The first-order chi connectivity index (χ1) is 10.7. The van der Waals surface area contributed by atoms with E-state index in [0.29, 0.717) is 12.1 Å². The SMILES string of the molecule is CCN1CCN(C(=O)c2ccc(C)nc2)C[C@H]1c1ncc[nH]1. The highest BCUT2D eigenvalue weighted by atomic mass is 16.2. The van der Waals surface area contributed by atoms with Gasteiger partial charge in [0.15, 0.2) is 0 Å². The summed E-state index contributed by atoms with van der Waals surface area (Å²) in [6.07, 6.45) is 5.24. The second-order valence-electron chi connectivity index (χ2n) is 5.56. The number of nitrogens with zero attached hydrogens (tertiary/aromatic N) is 4.